The molecule has 1 aromatic carbocycles. The molecule has 0 aliphatic rings. The van der Waals surface area contributed by atoms with Crippen LogP contribution in [-0.4, -0.2) is 6.54 Å². The third kappa shape index (κ3) is 3.38. The summed E-state index contributed by atoms with van der Waals surface area (Å²) in [6.07, 6.45) is 1.15. The Bertz CT molecular complexity index is 547. The van der Waals surface area contributed by atoms with E-state index in [9.17, 15) is 0 Å². The molecule has 1 nitrogen and oxygen atoms in total. The molecule has 0 radical (unpaired) electrons. The highest BCUT2D eigenvalue weighted by Gasteiger charge is 2.19. The quantitative estimate of drug-likeness (QED) is 0.710. The first-order chi connectivity index (χ1) is 9.15. The lowest BCUT2D eigenvalue weighted by Crippen LogP contribution is -2.24. The number of thiophene rings is 1. The monoisotopic (exact) mass is 385 g/mol. The molecule has 0 saturated carbocycles. The van der Waals surface area contributed by atoms with E-state index in [2.05, 4.69) is 78.3 Å². The zero-order chi connectivity index (χ0) is 13.8. The lowest BCUT2D eigenvalue weighted by Gasteiger charge is -2.21. The summed E-state index contributed by atoms with van der Waals surface area (Å²) in [7, 11) is 0. The Labute approximate surface area is 133 Å². The first kappa shape index (κ1) is 15.0. The van der Waals surface area contributed by atoms with Crippen molar-refractivity contribution in [2.24, 2.45) is 0 Å². The van der Waals surface area contributed by atoms with Gasteiger partial charge < -0.3 is 5.32 Å². The zero-order valence-corrected chi connectivity index (χ0v) is 14.6. The molecule has 0 aliphatic heterocycles. The molecule has 0 spiro atoms. The number of halogens is 1. The van der Waals surface area contributed by atoms with Gasteiger partial charge in [0.15, 0.2) is 0 Å². The third-order valence-corrected chi connectivity index (χ3v) is 5.68. The van der Waals surface area contributed by atoms with Crippen molar-refractivity contribution in [3.8, 4) is 0 Å². The van der Waals surface area contributed by atoms with E-state index in [1.807, 2.05) is 11.3 Å². The average molecular weight is 385 g/mol. The van der Waals surface area contributed by atoms with E-state index in [-0.39, 0.29) is 0 Å². The van der Waals surface area contributed by atoms with Crippen LogP contribution in [0.4, 0.5) is 0 Å². The smallest absolute Gasteiger partial charge is 0.0598 e. The van der Waals surface area contributed by atoms with Gasteiger partial charge in [0.2, 0.25) is 0 Å². The predicted molar refractivity (Wildman–Crippen MR) is 93.1 cm³/mol. The summed E-state index contributed by atoms with van der Waals surface area (Å²) in [4.78, 5) is 1.41. The average Bonchev–Trinajstić information content (AvgIpc) is 2.81. The van der Waals surface area contributed by atoms with Crippen molar-refractivity contribution in [2.75, 3.05) is 6.54 Å². The van der Waals surface area contributed by atoms with Gasteiger partial charge in [-0.25, -0.2) is 0 Å². The number of hydrogen-bond donors (Lipinski definition) is 1. The van der Waals surface area contributed by atoms with Crippen molar-refractivity contribution >= 4 is 33.9 Å². The zero-order valence-electron chi connectivity index (χ0n) is 11.7. The van der Waals surface area contributed by atoms with Crippen molar-refractivity contribution in [2.45, 2.75) is 33.2 Å². The molecule has 2 aromatic rings. The molecule has 2 rings (SSSR count). The van der Waals surface area contributed by atoms with Crippen LogP contribution in [0.1, 0.15) is 41.0 Å². The van der Waals surface area contributed by atoms with Gasteiger partial charge in [-0.3, -0.25) is 0 Å². The molecule has 1 heterocycles. The van der Waals surface area contributed by atoms with Crippen molar-refractivity contribution in [1.29, 1.82) is 0 Å². The van der Waals surface area contributed by atoms with Crippen molar-refractivity contribution in [3.05, 3.63) is 54.8 Å². The van der Waals surface area contributed by atoms with E-state index < -0.39 is 0 Å². The molecular weight excluding hydrogens is 365 g/mol. The Balaban J connectivity index is 2.43. The van der Waals surface area contributed by atoms with Gasteiger partial charge in [0.25, 0.3) is 0 Å². The second-order valence-corrected chi connectivity index (χ2v) is 7.00. The van der Waals surface area contributed by atoms with Crippen LogP contribution >= 0.6 is 33.9 Å². The standard InChI is InChI=1S/C16H20INS/c1-4-9-18-16(13-8-10-19-12(13)3)14-7-5-6-11(2)15(14)17/h5-8,10,16,18H,4,9H2,1-3H3. The molecule has 102 valence electrons. The van der Waals surface area contributed by atoms with Crippen LogP contribution < -0.4 is 5.32 Å². The Morgan fingerprint density at radius 3 is 2.63 bits per heavy atom. The molecular formula is C16H20INS. The minimum Gasteiger partial charge on any atom is -0.306 e. The van der Waals surface area contributed by atoms with Gasteiger partial charge in [-0.05, 0) is 77.5 Å². The molecule has 1 unspecified atom stereocenters. The van der Waals surface area contributed by atoms with E-state index >= 15 is 0 Å². The summed E-state index contributed by atoms with van der Waals surface area (Å²) < 4.78 is 1.37. The highest BCUT2D eigenvalue weighted by molar-refractivity contribution is 14.1. The summed E-state index contributed by atoms with van der Waals surface area (Å²) >= 11 is 4.30. The summed E-state index contributed by atoms with van der Waals surface area (Å²) in [6.45, 7) is 7.65. The highest BCUT2D eigenvalue weighted by Crippen LogP contribution is 2.31. The lowest BCUT2D eigenvalue weighted by atomic mass is 9.98. The molecule has 19 heavy (non-hydrogen) atoms. The second kappa shape index (κ2) is 6.86. The number of nitrogens with one attached hydrogen (secondary N) is 1. The maximum Gasteiger partial charge on any atom is 0.0598 e. The maximum atomic E-state index is 3.70. The predicted octanol–water partition coefficient (Wildman–Crippen LogP) is 5.06. The number of rotatable bonds is 5. The minimum atomic E-state index is 0.318. The van der Waals surface area contributed by atoms with Crippen LogP contribution in [0, 0.1) is 17.4 Å². The molecule has 0 amide bonds. The van der Waals surface area contributed by atoms with Crippen LogP contribution in [0.3, 0.4) is 0 Å². The van der Waals surface area contributed by atoms with E-state index in [1.165, 1.54) is 25.1 Å². The van der Waals surface area contributed by atoms with Crippen LogP contribution in [-0.2, 0) is 0 Å². The van der Waals surface area contributed by atoms with Crippen LogP contribution in [0.5, 0.6) is 0 Å². The molecule has 1 N–H and O–H groups in total. The Morgan fingerprint density at radius 2 is 2.00 bits per heavy atom. The van der Waals surface area contributed by atoms with Gasteiger partial charge in [0, 0.05) is 8.45 Å². The van der Waals surface area contributed by atoms with Gasteiger partial charge in [-0.2, -0.15) is 0 Å². The van der Waals surface area contributed by atoms with Gasteiger partial charge in [-0.1, -0.05) is 25.1 Å². The summed E-state index contributed by atoms with van der Waals surface area (Å²) in [5, 5.41) is 5.89. The summed E-state index contributed by atoms with van der Waals surface area (Å²) in [5.41, 5.74) is 4.17. The van der Waals surface area contributed by atoms with Crippen LogP contribution in [0.25, 0.3) is 0 Å². The Kier molecular flexibility index (Phi) is 5.42. The van der Waals surface area contributed by atoms with Crippen molar-refractivity contribution in [1.82, 2.24) is 5.32 Å². The van der Waals surface area contributed by atoms with E-state index in [4.69, 9.17) is 0 Å². The number of benzene rings is 1. The molecule has 3 heteroatoms. The largest absolute Gasteiger partial charge is 0.306 e. The first-order valence-corrected chi connectivity index (χ1v) is 8.63. The Morgan fingerprint density at radius 1 is 1.21 bits per heavy atom. The third-order valence-electron chi connectivity index (χ3n) is 3.34. The lowest BCUT2D eigenvalue weighted by molar-refractivity contribution is 0.596. The topological polar surface area (TPSA) is 12.0 Å². The van der Waals surface area contributed by atoms with Gasteiger partial charge in [0.1, 0.15) is 0 Å². The minimum absolute atomic E-state index is 0.318. The molecule has 0 bridgehead atoms. The van der Waals surface area contributed by atoms with Crippen molar-refractivity contribution < 1.29 is 0 Å². The number of aryl methyl sites for hydroxylation is 2. The van der Waals surface area contributed by atoms with E-state index in [0.717, 1.165) is 13.0 Å². The van der Waals surface area contributed by atoms with Gasteiger partial charge in [-0.15, -0.1) is 11.3 Å². The SMILES string of the molecule is CCCNC(c1ccsc1C)c1cccc(C)c1I. The fourth-order valence-electron chi connectivity index (χ4n) is 2.26. The molecule has 1 aromatic heterocycles. The molecule has 0 aliphatic carbocycles. The van der Waals surface area contributed by atoms with Crippen molar-refractivity contribution in [3.63, 3.8) is 0 Å². The highest BCUT2D eigenvalue weighted by atomic mass is 127. The fourth-order valence-corrected chi connectivity index (χ4v) is 3.68. The van der Waals surface area contributed by atoms with Gasteiger partial charge in [0.05, 0.1) is 6.04 Å². The van der Waals surface area contributed by atoms with E-state index in [1.54, 1.807) is 0 Å². The molecule has 0 saturated heterocycles. The molecule has 1 atom stereocenters. The summed E-state index contributed by atoms with van der Waals surface area (Å²) in [6, 6.07) is 9.17. The van der Waals surface area contributed by atoms with Crippen LogP contribution in [0.2, 0.25) is 0 Å². The number of hydrogen-bond acceptors (Lipinski definition) is 2. The fraction of sp³-hybridized carbons (Fsp3) is 0.375. The Hall–Kier alpha value is -0.390. The first-order valence-electron chi connectivity index (χ1n) is 6.67. The molecule has 0 fully saturated rings. The summed E-state index contributed by atoms with van der Waals surface area (Å²) in [5.74, 6) is 0. The van der Waals surface area contributed by atoms with E-state index in [0.29, 0.717) is 6.04 Å². The van der Waals surface area contributed by atoms with Crippen LogP contribution in [0.15, 0.2) is 29.6 Å². The van der Waals surface area contributed by atoms with Gasteiger partial charge >= 0.3 is 0 Å². The normalized spacial score (nSPS) is 12.6. The second-order valence-electron chi connectivity index (χ2n) is 4.80. The maximum absolute atomic E-state index is 3.70.